The lowest BCUT2D eigenvalue weighted by molar-refractivity contribution is -0.408. The van der Waals surface area contributed by atoms with Gasteiger partial charge < -0.3 is 14.5 Å². The number of halogens is 5. The summed E-state index contributed by atoms with van der Waals surface area (Å²) in [6, 6.07) is 7.30. The maximum Gasteiger partial charge on any atom is 0.482 e. The second-order valence-corrected chi connectivity index (χ2v) is 12.9. The first-order chi connectivity index (χ1) is 19.6. The van der Waals surface area contributed by atoms with E-state index in [1.54, 1.807) is 30.2 Å². The van der Waals surface area contributed by atoms with Gasteiger partial charge in [0.15, 0.2) is 5.78 Å². The van der Waals surface area contributed by atoms with Gasteiger partial charge in [-0.1, -0.05) is 24.6 Å². The van der Waals surface area contributed by atoms with Crippen molar-refractivity contribution >= 4 is 11.7 Å². The first kappa shape index (κ1) is 30.9. The zero-order chi connectivity index (χ0) is 30.6. The number of carbonyl (C=O) groups is 2. The second-order valence-electron chi connectivity index (χ2n) is 12.9. The molecule has 2 fully saturated rings. The molecule has 5 atom stereocenters. The molecule has 230 valence electrons. The standard InChI is InChI=1S/C32H39F5N2O3/c1-30-18-25(19-5-7-20(8-6-19)29(41)39(4)16-15-38(2)3)28-23-12-10-22(40)17-21(23)9-11-24(28)26(30)13-14-27(30)42-32(36,37)31(33,34)35/h5-8,17,24-27H,9-16,18H2,1-4H3/t24?,25-,26+,27?,30?/m1/s1. The van der Waals surface area contributed by atoms with E-state index in [1.807, 2.05) is 38.1 Å². The molecule has 10 heteroatoms. The van der Waals surface area contributed by atoms with Gasteiger partial charge in [0.2, 0.25) is 0 Å². The quantitative estimate of drug-likeness (QED) is 0.328. The van der Waals surface area contributed by atoms with Gasteiger partial charge in [0.05, 0.1) is 6.10 Å². The number of allylic oxidation sites excluding steroid dienone is 4. The zero-order valence-corrected chi connectivity index (χ0v) is 24.6. The van der Waals surface area contributed by atoms with Crippen molar-refractivity contribution in [2.24, 2.45) is 17.3 Å². The van der Waals surface area contributed by atoms with Crippen LogP contribution >= 0.6 is 0 Å². The summed E-state index contributed by atoms with van der Waals surface area (Å²) in [6.45, 7) is 3.09. The van der Waals surface area contributed by atoms with Crippen molar-refractivity contribution in [2.75, 3.05) is 34.2 Å². The Morgan fingerprint density at radius 1 is 0.976 bits per heavy atom. The van der Waals surface area contributed by atoms with E-state index in [9.17, 15) is 31.5 Å². The van der Waals surface area contributed by atoms with Crippen LogP contribution in [-0.4, -0.2) is 74.1 Å². The highest BCUT2D eigenvalue weighted by atomic mass is 19.4. The fraction of sp³-hybridized carbons (Fsp3) is 0.625. The van der Waals surface area contributed by atoms with E-state index in [0.29, 0.717) is 50.6 Å². The normalized spacial score (nSPS) is 29.7. The van der Waals surface area contributed by atoms with Crippen molar-refractivity contribution in [3.63, 3.8) is 0 Å². The fourth-order valence-electron chi connectivity index (χ4n) is 7.88. The number of rotatable bonds is 7. The maximum absolute atomic E-state index is 14.2. The van der Waals surface area contributed by atoms with Gasteiger partial charge >= 0.3 is 12.3 Å². The zero-order valence-electron chi connectivity index (χ0n) is 24.6. The van der Waals surface area contributed by atoms with Gasteiger partial charge in [-0.25, -0.2) is 0 Å². The molecule has 0 saturated heterocycles. The van der Waals surface area contributed by atoms with Crippen molar-refractivity contribution in [3.05, 3.63) is 58.2 Å². The molecule has 42 heavy (non-hydrogen) atoms. The van der Waals surface area contributed by atoms with Crippen LogP contribution in [0.5, 0.6) is 0 Å². The Balaban J connectivity index is 1.51. The Labute approximate surface area is 243 Å². The van der Waals surface area contributed by atoms with Crippen LogP contribution in [-0.2, 0) is 9.53 Å². The maximum atomic E-state index is 14.2. The number of likely N-dealkylation sites (N-methyl/N-ethyl adjacent to an activating group) is 2. The first-order valence-corrected chi connectivity index (χ1v) is 14.7. The third-order valence-corrected chi connectivity index (χ3v) is 10.1. The number of hydrogen-bond acceptors (Lipinski definition) is 4. The highest BCUT2D eigenvalue weighted by molar-refractivity contribution is 5.94. The lowest BCUT2D eigenvalue weighted by Crippen LogP contribution is -2.50. The summed E-state index contributed by atoms with van der Waals surface area (Å²) in [5, 5.41) is 0. The number of alkyl halides is 5. The van der Waals surface area contributed by atoms with E-state index in [1.165, 1.54) is 5.57 Å². The molecule has 0 aromatic heterocycles. The highest BCUT2D eigenvalue weighted by Crippen LogP contribution is 2.65. The van der Waals surface area contributed by atoms with E-state index in [0.717, 1.165) is 23.3 Å². The molecule has 4 aliphatic carbocycles. The average Bonchev–Trinajstić information content (AvgIpc) is 3.25. The molecule has 0 bridgehead atoms. The minimum absolute atomic E-state index is 0.000636. The van der Waals surface area contributed by atoms with Crippen molar-refractivity contribution in [1.29, 1.82) is 0 Å². The van der Waals surface area contributed by atoms with Crippen LogP contribution in [0, 0.1) is 17.3 Å². The number of ketones is 1. The number of amides is 1. The second kappa shape index (κ2) is 11.2. The van der Waals surface area contributed by atoms with Gasteiger partial charge in [-0.2, -0.15) is 22.0 Å². The Bertz CT molecular complexity index is 1290. The number of hydrogen-bond donors (Lipinski definition) is 0. The van der Waals surface area contributed by atoms with Gasteiger partial charge in [0.25, 0.3) is 5.91 Å². The molecule has 5 rings (SSSR count). The van der Waals surface area contributed by atoms with Crippen LogP contribution in [0.1, 0.15) is 73.7 Å². The monoisotopic (exact) mass is 594 g/mol. The third kappa shape index (κ3) is 5.56. The Kier molecular flexibility index (Phi) is 8.20. The molecule has 0 N–H and O–H groups in total. The van der Waals surface area contributed by atoms with Crippen LogP contribution in [0.2, 0.25) is 0 Å². The topological polar surface area (TPSA) is 49.9 Å². The van der Waals surface area contributed by atoms with Crippen molar-refractivity contribution in [2.45, 2.75) is 76.2 Å². The van der Waals surface area contributed by atoms with Crippen LogP contribution in [0.4, 0.5) is 22.0 Å². The molecule has 5 nitrogen and oxygen atoms in total. The van der Waals surface area contributed by atoms with Gasteiger partial charge in [0, 0.05) is 38.0 Å². The van der Waals surface area contributed by atoms with Crippen LogP contribution < -0.4 is 0 Å². The SMILES string of the molecule is CN(C)CCN(C)C(=O)c1ccc([C@H]2CC3(C)C(OC(F)(F)C(F)(F)F)CC[C@H]3C3CCC4=CC(=O)CCC4=C32)cc1. The minimum Gasteiger partial charge on any atom is -0.340 e. The molecule has 4 aliphatic rings. The summed E-state index contributed by atoms with van der Waals surface area (Å²) in [5.41, 5.74) is 3.87. The molecule has 3 unspecified atom stereocenters. The van der Waals surface area contributed by atoms with Gasteiger partial charge in [-0.3, -0.25) is 9.59 Å². The molecule has 0 aliphatic heterocycles. The number of ether oxygens (including phenoxy) is 1. The van der Waals surface area contributed by atoms with Gasteiger partial charge in [0.1, 0.15) is 0 Å². The highest BCUT2D eigenvalue weighted by Gasteiger charge is 2.65. The van der Waals surface area contributed by atoms with Crippen molar-refractivity contribution in [3.8, 4) is 0 Å². The Hall–Kier alpha value is -2.59. The van der Waals surface area contributed by atoms with Crippen LogP contribution in [0.15, 0.2) is 47.1 Å². The van der Waals surface area contributed by atoms with E-state index in [-0.39, 0.29) is 35.9 Å². The number of nitrogens with zero attached hydrogens (tertiary/aromatic N) is 2. The molecule has 1 aromatic rings. The summed E-state index contributed by atoms with van der Waals surface area (Å²) in [4.78, 5) is 28.9. The molecular formula is C32H39F5N2O3. The molecule has 0 radical (unpaired) electrons. The Morgan fingerprint density at radius 3 is 2.31 bits per heavy atom. The summed E-state index contributed by atoms with van der Waals surface area (Å²) >= 11 is 0. The minimum atomic E-state index is -5.79. The predicted octanol–water partition coefficient (Wildman–Crippen LogP) is 6.76. The molecular weight excluding hydrogens is 555 g/mol. The summed E-state index contributed by atoms with van der Waals surface area (Å²) in [6.07, 6.45) is -7.14. The van der Waals surface area contributed by atoms with Crippen LogP contribution in [0.3, 0.4) is 0 Å². The predicted molar refractivity (Wildman–Crippen MR) is 148 cm³/mol. The summed E-state index contributed by atoms with van der Waals surface area (Å²) in [5.74, 6) is -0.375. The van der Waals surface area contributed by atoms with Crippen molar-refractivity contribution in [1.82, 2.24) is 9.80 Å². The lowest BCUT2D eigenvalue weighted by atomic mass is 9.53. The summed E-state index contributed by atoms with van der Waals surface area (Å²) < 4.78 is 72.5. The largest absolute Gasteiger partial charge is 0.482 e. The van der Waals surface area contributed by atoms with E-state index >= 15 is 0 Å². The fourth-order valence-corrected chi connectivity index (χ4v) is 7.88. The molecule has 1 amide bonds. The van der Waals surface area contributed by atoms with Gasteiger partial charge in [-0.15, -0.1) is 0 Å². The van der Waals surface area contributed by atoms with E-state index in [2.05, 4.69) is 4.74 Å². The molecule has 0 heterocycles. The van der Waals surface area contributed by atoms with Gasteiger partial charge in [-0.05, 0) is 105 Å². The van der Waals surface area contributed by atoms with Crippen molar-refractivity contribution < 1.29 is 36.3 Å². The third-order valence-electron chi connectivity index (χ3n) is 10.1. The van der Waals surface area contributed by atoms with E-state index < -0.39 is 23.8 Å². The molecule has 0 spiro atoms. The number of carbonyl (C=O) groups excluding carboxylic acids is 2. The average molecular weight is 595 g/mol. The molecule has 2 saturated carbocycles. The van der Waals surface area contributed by atoms with E-state index in [4.69, 9.17) is 0 Å². The number of benzene rings is 1. The summed E-state index contributed by atoms with van der Waals surface area (Å²) in [7, 11) is 5.61. The Morgan fingerprint density at radius 2 is 1.67 bits per heavy atom. The first-order valence-electron chi connectivity index (χ1n) is 14.7. The number of fused-ring (bicyclic) bond motifs is 4. The molecule has 1 aromatic carbocycles. The van der Waals surface area contributed by atoms with Crippen LogP contribution in [0.25, 0.3) is 0 Å². The smallest absolute Gasteiger partial charge is 0.340 e. The lowest BCUT2D eigenvalue weighted by Gasteiger charge is -2.52.